The molecule has 1 aromatic carbocycles. The highest BCUT2D eigenvalue weighted by Crippen LogP contribution is 2.13. The largest absolute Gasteiger partial charge is 0.389 e. The van der Waals surface area contributed by atoms with Gasteiger partial charge in [-0.25, -0.2) is 9.78 Å². The Bertz CT molecular complexity index is 957. The van der Waals surface area contributed by atoms with Gasteiger partial charge in [-0.2, -0.15) is 0 Å². The number of pyridine rings is 1. The lowest BCUT2D eigenvalue weighted by Gasteiger charge is -2.17. The van der Waals surface area contributed by atoms with E-state index in [9.17, 15) is 14.7 Å². The first-order chi connectivity index (χ1) is 12.8. The SMILES string of the molecule is CC(C)(O)CNC(=O)c1ccc(NC(=O)Nc2ccc3nccn3c2)cc1. The average molecular weight is 367 g/mol. The fraction of sp³-hybridized carbons (Fsp3) is 0.211. The minimum absolute atomic E-state index is 0.148. The number of nitrogens with one attached hydrogen (secondary N) is 3. The molecule has 0 fully saturated rings. The third-order valence-corrected chi connectivity index (χ3v) is 3.73. The third-order valence-electron chi connectivity index (χ3n) is 3.73. The zero-order valence-electron chi connectivity index (χ0n) is 15.1. The number of carbonyl (C=O) groups excluding carboxylic acids is 2. The maximum atomic E-state index is 12.1. The Hall–Kier alpha value is -3.39. The third kappa shape index (κ3) is 5.05. The van der Waals surface area contributed by atoms with Crippen LogP contribution in [-0.4, -0.2) is 38.6 Å². The highest BCUT2D eigenvalue weighted by Gasteiger charge is 2.14. The van der Waals surface area contributed by atoms with E-state index in [1.165, 1.54) is 0 Å². The van der Waals surface area contributed by atoms with Crippen molar-refractivity contribution in [3.05, 3.63) is 60.6 Å². The van der Waals surface area contributed by atoms with Crippen molar-refractivity contribution in [2.24, 2.45) is 0 Å². The molecule has 0 saturated heterocycles. The van der Waals surface area contributed by atoms with Gasteiger partial charge in [-0.1, -0.05) is 0 Å². The lowest BCUT2D eigenvalue weighted by molar-refractivity contribution is 0.0694. The van der Waals surface area contributed by atoms with E-state index in [0.717, 1.165) is 5.65 Å². The van der Waals surface area contributed by atoms with E-state index in [0.29, 0.717) is 16.9 Å². The van der Waals surface area contributed by atoms with Crippen molar-refractivity contribution in [3.8, 4) is 0 Å². The van der Waals surface area contributed by atoms with Crippen LogP contribution in [0.25, 0.3) is 5.65 Å². The molecule has 140 valence electrons. The fourth-order valence-electron chi connectivity index (χ4n) is 2.39. The zero-order valence-corrected chi connectivity index (χ0v) is 15.1. The molecule has 0 spiro atoms. The molecule has 0 aliphatic heterocycles. The maximum Gasteiger partial charge on any atom is 0.323 e. The predicted octanol–water partition coefficient (Wildman–Crippen LogP) is 2.48. The van der Waals surface area contributed by atoms with Gasteiger partial charge in [0, 0.05) is 36.4 Å². The second-order valence-corrected chi connectivity index (χ2v) is 6.76. The van der Waals surface area contributed by atoms with Crippen molar-refractivity contribution in [3.63, 3.8) is 0 Å². The number of nitrogens with zero attached hydrogens (tertiary/aromatic N) is 2. The number of amides is 3. The molecule has 0 aliphatic rings. The molecule has 27 heavy (non-hydrogen) atoms. The van der Waals surface area contributed by atoms with E-state index >= 15 is 0 Å². The van der Waals surface area contributed by atoms with Crippen LogP contribution in [0.1, 0.15) is 24.2 Å². The number of carbonyl (C=O) groups is 2. The minimum Gasteiger partial charge on any atom is -0.389 e. The molecule has 0 radical (unpaired) electrons. The van der Waals surface area contributed by atoms with Gasteiger partial charge in [-0.3, -0.25) is 4.79 Å². The molecule has 0 atom stereocenters. The molecule has 3 aromatic rings. The molecule has 2 heterocycles. The summed E-state index contributed by atoms with van der Waals surface area (Å²) in [6.07, 6.45) is 5.23. The lowest BCUT2D eigenvalue weighted by Crippen LogP contribution is -2.38. The average Bonchev–Trinajstić information content (AvgIpc) is 3.07. The molecule has 3 amide bonds. The van der Waals surface area contributed by atoms with Crippen LogP contribution in [0.15, 0.2) is 55.0 Å². The summed E-state index contributed by atoms with van der Waals surface area (Å²) in [7, 11) is 0. The predicted molar refractivity (Wildman–Crippen MR) is 103 cm³/mol. The zero-order chi connectivity index (χ0) is 19.4. The van der Waals surface area contributed by atoms with Crippen molar-refractivity contribution in [1.29, 1.82) is 0 Å². The van der Waals surface area contributed by atoms with Gasteiger partial charge in [-0.15, -0.1) is 0 Å². The minimum atomic E-state index is -0.977. The first-order valence-corrected chi connectivity index (χ1v) is 8.41. The summed E-state index contributed by atoms with van der Waals surface area (Å²) in [6, 6.07) is 9.65. The van der Waals surface area contributed by atoms with E-state index in [2.05, 4.69) is 20.9 Å². The van der Waals surface area contributed by atoms with E-state index in [1.807, 2.05) is 0 Å². The normalized spacial score (nSPS) is 11.2. The molecule has 8 heteroatoms. The van der Waals surface area contributed by atoms with Crippen molar-refractivity contribution in [1.82, 2.24) is 14.7 Å². The number of benzene rings is 1. The summed E-state index contributed by atoms with van der Waals surface area (Å²) in [6.45, 7) is 3.38. The highest BCUT2D eigenvalue weighted by atomic mass is 16.3. The topological polar surface area (TPSA) is 108 Å². The van der Waals surface area contributed by atoms with Crippen LogP contribution in [0.2, 0.25) is 0 Å². The van der Waals surface area contributed by atoms with Gasteiger partial charge in [0.15, 0.2) is 0 Å². The summed E-state index contributed by atoms with van der Waals surface area (Å²) in [5.41, 5.74) is 1.43. The van der Waals surface area contributed by atoms with Crippen LogP contribution < -0.4 is 16.0 Å². The molecular weight excluding hydrogens is 346 g/mol. The molecular formula is C19H21N5O3. The first-order valence-electron chi connectivity index (χ1n) is 8.41. The highest BCUT2D eigenvalue weighted by molar-refractivity contribution is 6.00. The van der Waals surface area contributed by atoms with Crippen LogP contribution in [0.5, 0.6) is 0 Å². The Morgan fingerprint density at radius 1 is 1.07 bits per heavy atom. The maximum absolute atomic E-state index is 12.1. The summed E-state index contributed by atoms with van der Waals surface area (Å²) in [5.74, 6) is -0.290. The van der Waals surface area contributed by atoms with E-state index in [4.69, 9.17) is 0 Å². The van der Waals surface area contributed by atoms with Gasteiger partial charge < -0.3 is 25.5 Å². The van der Waals surface area contributed by atoms with Crippen LogP contribution in [-0.2, 0) is 0 Å². The Kier molecular flexibility index (Phi) is 5.09. The van der Waals surface area contributed by atoms with Gasteiger partial charge in [0.05, 0.1) is 11.3 Å². The van der Waals surface area contributed by atoms with E-state index in [-0.39, 0.29) is 12.5 Å². The Labute approximate surface area is 156 Å². The van der Waals surface area contributed by atoms with Gasteiger partial charge >= 0.3 is 6.03 Å². The number of imidazole rings is 1. The summed E-state index contributed by atoms with van der Waals surface area (Å²) >= 11 is 0. The molecule has 3 rings (SSSR count). The standard InChI is InChI=1S/C19H21N5O3/c1-19(2,27)12-21-17(25)13-3-5-14(6-4-13)22-18(26)23-15-7-8-16-20-9-10-24(16)11-15/h3-11,27H,12H2,1-2H3,(H,21,25)(H2,22,23,26). The molecule has 0 bridgehead atoms. The Balaban J connectivity index is 1.57. The quantitative estimate of drug-likeness (QED) is 0.555. The fourth-order valence-corrected chi connectivity index (χ4v) is 2.39. The first kappa shape index (κ1) is 18.4. The smallest absolute Gasteiger partial charge is 0.323 e. The number of hydrogen-bond donors (Lipinski definition) is 4. The lowest BCUT2D eigenvalue weighted by atomic mass is 10.1. The Morgan fingerprint density at radius 3 is 2.44 bits per heavy atom. The molecule has 0 saturated carbocycles. The second kappa shape index (κ2) is 7.46. The number of hydrogen-bond acceptors (Lipinski definition) is 4. The van der Waals surface area contributed by atoms with Crippen LogP contribution in [0.3, 0.4) is 0 Å². The molecule has 8 nitrogen and oxygen atoms in total. The summed E-state index contributed by atoms with van der Waals surface area (Å²) in [4.78, 5) is 28.3. The molecule has 2 aromatic heterocycles. The van der Waals surface area contributed by atoms with E-state index < -0.39 is 11.6 Å². The van der Waals surface area contributed by atoms with Crippen LogP contribution in [0, 0.1) is 0 Å². The number of aromatic nitrogens is 2. The summed E-state index contributed by atoms with van der Waals surface area (Å²) in [5, 5.41) is 17.7. The molecule has 0 aliphatic carbocycles. The number of anilines is 2. The van der Waals surface area contributed by atoms with Gasteiger partial charge in [0.2, 0.25) is 0 Å². The summed E-state index contributed by atoms with van der Waals surface area (Å²) < 4.78 is 1.80. The van der Waals surface area contributed by atoms with Gasteiger partial charge in [0.25, 0.3) is 5.91 Å². The molecule has 4 N–H and O–H groups in total. The van der Waals surface area contributed by atoms with Crippen LogP contribution in [0.4, 0.5) is 16.2 Å². The van der Waals surface area contributed by atoms with Crippen molar-refractivity contribution < 1.29 is 14.7 Å². The van der Waals surface area contributed by atoms with Crippen molar-refractivity contribution >= 4 is 29.0 Å². The van der Waals surface area contributed by atoms with Crippen molar-refractivity contribution in [2.45, 2.75) is 19.4 Å². The number of aliphatic hydroxyl groups is 1. The van der Waals surface area contributed by atoms with Crippen LogP contribution >= 0.6 is 0 Å². The monoisotopic (exact) mass is 367 g/mol. The molecule has 0 unspecified atom stereocenters. The van der Waals surface area contributed by atoms with Gasteiger partial charge in [-0.05, 0) is 50.2 Å². The second-order valence-electron chi connectivity index (χ2n) is 6.76. The number of fused-ring (bicyclic) bond motifs is 1. The number of urea groups is 1. The van der Waals surface area contributed by atoms with E-state index in [1.54, 1.807) is 73.2 Å². The van der Waals surface area contributed by atoms with Crippen molar-refractivity contribution in [2.75, 3.05) is 17.2 Å². The Morgan fingerprint density at radius 2 is 1.74 bits per heavy atom. The van der Waals surface area contributed by atoms with Gasteiger partial charge in [0.1, 0.15) is 5.65 Å². The number of rotatable bonds is 5.